The summed E-state index contributed by atoms with van der Waals surface area (Å²) in [7, 11) is 0. The summed E-state index contributed by atoms with van der Waals surface area (Å²) in [6.45, 7) is 6.22. The summed E-state index contributed by atoms with van der Waals surface area (Å²) in [6.07, 6.45) is 6.37. The Morgan fingerprint density at radius 3 is 0.797 bits per heavy atom. The number of benzene rings is 6. The molecule has 346 valence electrons. The third-order valence-corrected chi connectivity index (χ3v) is 11.5. The molecule has 0 aliphatic rings. The molecule has 3 aromatic heterocycles. The molecular formula is C54H35F10N5. The van der Waals surface area contributed by atoms with Crippen LogP contribution < -0.4 is 9.80 Å². The molecule has 0 fully saturated rings. The van der Waals surface area contributed by atoms with Crippen LogP contribution in [-0.4, -0.2) is 14.5 Å². The average Bonchev–Trinajstić information content (AvgIpc) is 3.83. The molecule has 0 saturated heterocycles. The summed E-state index contributed by atoms with van der Waals surface area (Å²) in [6, 6.07) is 37.6. The third kappa shape index (κ3) is 8.34. The zero-order chi connectivity index (χ0) is 48.9. The molecule has 15 heteroatoms. The first-order chi connectivity index (χ1) is 33.0. The molecule has 9 rings (SSSR count). The number of rotatable bonds is 10. The van der Waals surface area contributed by atoms with Crippen molar-refractivity contribution in [2.24, 2.45) is 0 Å². The lowest BCUT2D eigenvalue weighted by Crippen LogP contribution is -2.23. The van der Waals surface area contributed by atoms with Crippen LogP contribution in [0.4, 0.5) is 78.0 Å². The van der Waals surface area contributed by atoms with Crippen molar-refractivity contribution >= 4 is 34.1 Å². The highest BCUT2D eigenvalue weighted by molar-refractivity contribution is 5.82. The monoisotopic (exact) mass is 943 g/mol. The van der Waals surface area contributed by atoms with Gasteiger partial charge in [-0.2, -0.15) is 0 Å². The predicted molar refractivity (Wildman–Crippen MR) is 246 cm³/mol. The Morgan fingerprint density at radius 2 is 0.536 bits per heavy atom. The lowest BCUT2D eigenvalue weighted by atomic mass is 10.0. The van der Waals surface area contributed by atoms with Gasteiger partial charge < -0.3 is 14.4 Å². The lowest BCUT2D eigenvalue weighted by molar-refractivity contribution is 0.381. The maximum atomic E-state index is 14.7. The molecule has 0 unspecified atom stereocenters. The third-order valence-electron chi connectivity index (χ3n) is 11.5. The first kappa shape index (κ1) is 45.9. The second kappa shape index (κ2) is 18.1. The summed E-state index contributed by atoms with van der Waals surface area (Å²) in [4.78, 5) is 11.9. The van der Waals surface area contributed by atoms with E-state index in [9.17, 15) is 43.9 Å². The number of anilines is 6. The highest BCUT2D eigenvalue weighted by Crippen LogP contribution is 2.42. The van der Waals surface area contributed by atoms with Crippen molar-refractivity contribution in [1.82, 2.24) is 14.5 Å². The lowest BCUT2D eigenvalue weighted by Gasteiger charge is -2.29. The number of hydrogen-bond acceptors (Lipinski definition) is 4. The summed E-state index contributed by atoms with van der Waals surface area (Å²) in [5.41, 5.74) is 4.36. The van der Waals surface area contributed by atoms with Gasteiger partial charge in [0.15, 0.2) is 46.5 Å². The van der Waals surface area contributed by atoms with E-state index in [0.717, 1.165) is 22.5 Å². The SMILES string of the molecule is CC(C)(C)n1c(-c2ccc(N(c3ccncc3)c3ccc(-c4c(F)c(F)c(F)c(F)c4F)cc3)cc2)ccc1-c1ccc(N(c2ccncc2)c2ccc(-c3c(F)c(F)c(F)c(F)c3F)cc2)cc1. The molecule has 0 N–H and O–H groups in total. The smallest absolute Gasteiger partial charge is 0.200 e. The van der Waals surface area contributed by atoms with E-state index < -0.39 is 74.8 Å². The van der Waals surface area contributed by atoms with Gasteiger partial charge in [0.2, 0.25) is 11.6 Å². The fourth-order valence-electron chi connectivity index (χ4n) is 8.32. The van der Waals surface area contributed by atoms with Gasteiger partial charge in [0.1, 0.15) is 0 Å². The van der Waals surface area contributed by atoms with Gasteiger partial charge in [0.25, 0.3) is 0 Å². The molecular weight excluding hydrogens is 909 g/mol. The maximum absolute atomic E-state index is 14.7. The molecule has 0 atom stereocenters. The summed E-state index contributed by atoms with van der Waals surface area (Å²) in [5.74, 6) is -20.3. The predicted octanol–water partition coefficient (Wildman–Crippen LogP) is 16.0. The number of pyridine rings is 2. The van der Waals surface area contributed by atoms with Gasteiger partial charge in [-0.15, -0.1) is 0 Å². The highest BCUT2D eigenvalue weighted by Gasteiger charge is 2.29. The van der Waals surface area contributed by atoms with Crippen LogP contribution in [0, 0.1) is 58.2 Å². The molecule has 0 saturated carbocycles. The molecule has 0 bridgehead atoms. The average molecular weight is 944 g/mol. The molecule has 3 heterocycles. The zero-order valence-electron chi connectivity index (χ0n) is 36.5. The fraction of sp³-hybridized carbons (Fsp3) is 0.0741. The van der Waals surface area contributed by atoms with E-state index in [4.69, 9.17) is 0 Å². The molecule has 9 aromatic rings. The zero-order valence-corrected chi connectivity index (χ0v) is 36.5. The second-order valence-electron chi connectivity index (χ2n) is 16.8. The number of aromatic nitrogens is 3. The summed E-state index contributed by atoms with van der Waals surface area (Å²) >= 11 is 0. The Balaban J connectivity index is 1.03. The van der Waals surface area contributed by atoms with Gasteiger partial charge in [0, 0.05) is 75.8 Å². The quantitative estimate of drug-likeness (QED) is 0.0778. The number of halogens is 10. The van der Waals surface area contributed by atoms with Gasteiger partial charge in [-0.3, -0.25) is 9.97 Å². The summed E-state index contributed by atoms with van der Waals surface area (Å²) < 4.78 is 145. The fourth-order valence-corrected chi connectivity index (χ4v) is 8.32. The number of hydrogen-bond donors (Lipinski definition) is 0. The Bertz CT molecular complexity index is 3060. The minimum absolute atomic E-state index is 0.206. The molecule has 5 nitrogen and oxygen atoms in total. The van der Waals surface area contributed by atoms with Crippen molar-refractivity contribution < 1.29 is 43.9 Å². The maximum Gasteiger partial charge on any atom is 0.200 e. The minimum Gasteiger partial charge on any atom is -0.335 e. The van der Waals surface area contributed by atoms with Gasteiger partial charge in [-0.25, -0.2) is 43.9 Å². The topological polar surface area (TPSA) is 37.2 Å². The molecule has 0 amide bonds. The van der Waals surface area contributed by atoms with E-state index in [2.05, 4.69) is 35.3 Å². The molecule has 0 aliphatic carbocycles. The van der Waals surface area contributed by atoms with Crippen molar-refractivity contribution in [3.05, 3.63) is 216 Å². The van der Waals surface area contributed by atoms with Crippen molar-refractivity contribution in [3.63, 3.8) is 0 Å². The Kier molecular flexibility index (Phi) is 12.1. The van der Waals surface area contributed by atoms with Crippen LogP contribution in [0.2, 0.25) is 0 Å². The van der Waals surface area contributed by atoms with Crippen LogP contribution in [0.1, 0.15) is 20.8 Å². The van der Waals surface area contributed by atoms with Crippen molar-refractivity contribution in [2.45, 2.75) is 26.3 Å². The first-order valence-corrected chi connectivity index (χ1v) is 21.1. The van der Waals surface area contributed by atoms with Crippen LogP contribution in [-0.2, 0) is 5.54 Å². The Morgan fingerprint density at radius 1 is 0.304 bits per heavy atom. The Hall–Kier alpha value is -8.20. The van der Waals surface area contributed by atoms with Crippen LogP contribution >= 0.6 is 0 Å². The van der Waals surface area contributed by atoms with E-state index in [1.165, 1.54) is 48.5 Å². The van der Waals surface area contributed by atoms with E-state index in [0.29, 0.717) is 34.1 Å². The van der Waals surface area contributed by atoms with Gasteiger partial charge in [0.05, 0.1) is 11.1 Å². The van der Waals surface area contributed by atoms with Crippen LogP contribution in [0.5, 0.6) is 0 Å². The Labute approximate surface area is 388 Å². The van der Waals surface area contributed by atoms with Crippen LogP contribution in [0.3, 0.4) is 0 Å². The van der Waals surface area contributed by atoms with E-state index >= 15 is 0 Å². The minimum atomic E-state index is -2.24. The summed E-state index contributed by atoms with van der Waals surface area (Å²) in [5, 5.41) is 0. The van der Waals surface area contributed by atoms with Gasteiger partial charge in [-0.05, 0) is 128 Å². The second-order valence-corrected chi connectivity index (χ2v) is 16.8. The molecule has 0 radical (unpaired) electrons. The molecule has 69 heavy (non-hydrogen) atoms. The van der Waals surface area contributed by atoms with Crippen molar-refractivity contribution in [2.75, 3.05) is 9.80 Å². The van der Waals surface area contributed by atoms with Gasteiger partial charge >= 0.3 is 0 Å². The van der Waals surface area contributed by atoms with Crippen LogP contribution in [0.25, 0.3) is 44.8 Å². The molecule has 0 spiro atoms. The van der Waals surface area contributed by atoms with Gasteiger partial charge in [-0.1, -0.05) is 48.5 Å². The van der Waals surface area contributed by atoms with Crippen LogP contribution in [0.15, 0.2) is 158 Å². The first-order valence-electron chi connectivity index (χ1n) is 21.1. The number of nitrogens with zero attached hydrogens (tertiary/aromatic N) is 5. The van der Waals surface area contributed by atoms with E-state index in [1.807, 2.05) is 70.5 Å². The van der Waals surface area contributed by atoms with Crippen molar-refractivity contribution in [1.29, 1.82) is 0 Å². The van der Waals surface area contributed by atoms with Crippen molar-refractivity contribution in [3.8, 4) is 44.8 Å². The van der Waals surface area contributed by atoms with E-state index in [-0.39, 0.29) is 11.1 Å². The molecule has 0 aliphatic heterocycles. The normalized spacial score (nSPS) is 11.6. The standard InChI is InChI=1S/C54H35F10N5/c1-54(2,3)69-40(30-4-12-34(13-5-30)67(38-22-26-65-27-23-38)36-16-8-32(9-17-36)42-44(55)48(59)52(63)49(60)45(42)56)20-21-41(69)31-6-14-35(15-7-31)68(39-24-28-66-29-25-39)37-18-10-33(11-19-37)43-46(57)50(61)53(64)51(62)47(43)58/h4-29H,1-3H3. The highest BCUT2D eigenvalue weighted by atomic mass is 19.2. The van der Waals surface area contributed by atoms with E-state index in [1.54, 1.807) is 49.1 Å². The molecule has 6 aromatic carbocycles. The largest absolute Gasteiger partial charge is 0.335 e.